The van der Waals surface area contributed by atoms with Crippen LogP contribution in [0.25, 0.3) is 0 Å². The molecule has 1 aromatic heterocycles. The summed E-state index contributed by atoms with van der Waals surface area (Å²) < 4.78 is 5.74. The number of hydrogen-bond donors (Lipinski definition) is 1. The van der Waals surface area contributed by atoms with Crippen molar-refractivity contribution in [1.82, 2.24) is 15.2 Å². The minimum atomic E-state index is -0.197. The van der Waals surface area contributed by atoms with Gasteiger partial charge in [0.25, 0.3) is 5.91 Å². The molecule has 7 nitrogen and oxygen atoms in total. The van der Waals surface area contributed by atoms with E-state index >= 15 is 0 Å². The molecular weight excluding hydrogens is 414 g/mol. The maximum Gasteiger partial charge on any atom is 0.276 e. The number of hydrogen-bond acceptors (Lipinski definition) is 6. The van der Waals surface area contributed by atoms with Crippen LogP contribution in [0, 0.1) is 11.3 Å². The van der Waals surface area contributed by atoms with Crippen molar-refractivity contribution in [3.05, 3.63) is 83.7 Å². The standard InChI is InChI=1S/C26H27N5O2/c1-19-17-31(13-12-28-19)18-20-6-8-22(9-7-20)30(2)26(32)25-11-10-24(16-29-25)33-23-5-3-4-21(14-23)15-27/h3-11,14,16,19,28H,12-13,17-18H2,1-2H3/t19-/m0/s1. The number of nitrogens with one attached hydrogen (secondary N) is 1. The Morgan fingerprint density at radius 3 is 2.73 bits per heavy atom. The molecule has 1 amide bonds. The normalized spacial score (nSPS) is 16.1. The van der Waals surface area contributed by atoms with E-state index in [-0.39, 0.29) is 5.91 Å². The van der Waals surface area contributed by atoms with Gasteiger partial charge in [0.05, 0.1) is 17.8 Å². The molecule has 0 aliphatic carbocycles. The van der Waals surface area contributed by atoms with Gasteiger partial charge in [-0.1, -0.05) is 18.2 Å². The summed E-state index contributed by atoms with van der Waals surface area (Å²) in [6.45, 7) is 6.20. The van der Waals surface area contributed by atoms with Crippen LogP contribution in [0.2, 0.25) is 0 Å². The fourth-order valence-corrected chi connectivity index (χ4v) is 3.86. The lowest BCUT2D eigenvalue weighted by Crippen LogP contribution is -2.48. The van der Waals surface area contributed by atoms with Crippen molar-refractivity contribution >= 4 is 11.6 Å². The summed E-state index contributed by atoms with van der Waals surface area (Å²) in [7, 11) is 1.74. The molecule has 33 heavy (non-hydrogen) atoms. The number of rotatable bonds is 6. The van der Waals surface area contributed by atoms with Crippen LogP contribution in [0.1, 0.15) is 28.5 Å². The van der Waals surface area contributed by atoms with Crippen LogP contribution in [0.3, 0.4) is 0 Å². The SMILES string of the molecule is C[C@H]1CN(Cc2ccc(N(C)C(=O)c3ccc(Oc4cccc(C#N)c4)cn3)cc2)CCN1. The van der Waals surface area contributed by atoms with Crippen LogP contribution in [-0.4, -0.2) is 48.5 Å². The smallest absolute Gasteiger partial charge is 0.276 e. The van der Waals surface area contributed by atoms with E-state index in [4.69, 9.17) is 10.00 Å². The molecule has 3 aromatic rings. The first-order valence-corrected chi connectivity index (χ1v) is 11.0. The lowest BCUT2D eigenvalue weighted by Gasteiger charge is -2.31. The number of aromatic nitrogens is 1. The van der Waals surface area contributed by atoms with Gasteiger partial charge in [-0.15, -0.1) is 0 Å². The number of amides is 1. The van der Waals surface area contributed by atoms with E-state index in [1.165, 1.54) is 11.8 Å². The number of nitriles is 1. The van der Waals surface area contributed by atoms with E-state index in [1.807, 2.05) is 12.1 Å². The second kappa shape index (κ2) is 10.3. The Labute approximate surface area is 194 Å². The minimum Gasteiger partial charge on any atom is -0.456 e. The Morgan fingerprint density at radius 1 is 1.21 bits per heavy atom. The molecule has 0 spiro atoms. The molecule has 1 atom stereocenters. The summed E-state index contributed by atoms with van der Waals surface area (Å²) in [5.41, 5.74) is 2.89. The van der Waals surface area contributed by atoms with Gasteiger partial charge in [0, 0.05) is 45.0 Å². The zero-order chi connectivity index (χ0) is 23.2. The molecule has 1 aliphatic rings. The molecule has 2 aromatic carbocycles. The monoisotopic (exact) mass is 441 g/mol. The number of carbonyl (C=O) groups is 1. The number of pyridine rings is 1. The van der Waals surface area contributed by atoms with E-state index in [2.05, 4.69) is 40.3 Å². The lowest BCUT2D eigenvalue weighted by molar-refractivity contribution is 0.0988. The summed E-state index contributed by atoms with van der Waals surface area (Å²) in [5, 5.41) is 12.5. The van der Waals surface area contributed by atoms with Gasteiger partial charge in [0.15, 0.2) is 0 Å². The predicted molar refractivity (Wildman–Crippen MR) is 127 cm³/mol. The molecule has 0 radical (unpaired) electrons. The molecular formula is C26H27N5O2. The highest BCUT2D eigenvalue weighted by molar-refractivity contribution is 6.04. The Bertz CT molecular complexity index is 1140. The van der Waals surface area contributed by atoms with Crippen molar-refractivity contribution in [3.8, 4) is 17.6 Å². The summed E-state index contributed by atoms with van der Waals surface area (Å²) in [5.74, 6) is 0.843. The first kappa shape index (κ1) is 22.5. The van der Waals surface area contributed by atoms with Crippen molar-refractivity contribution < 1.29 is 9.53 Å². The summed E-state index contributed by atoms with van der Waals surface area (Å²) >= 11 is 0. The third kappa shape index (κ3) is 5.75. The van der Waals surface area contributed by atoms with Gasteiger partial charge < -0.3 is 15.0 Å². The summed E-state index contributed by atoms with van der Waals surface area (Å²) in [6.07, 6.45) is 1.51. The van der Waals surface area contributed by atoms with Gasteiger partial charge in [-0.05, 0) is 55.0 Å². The van der Waals surface area contributed by atoms with Crippen molar-refractivity contribution in [2.24, 2.45) is 0 Å². The summed E-state index contributed by atoms with van der Waals surface area (Å²) in [6, 6.07) is 20.9. The van der Waals surface area contributed by atoms with Crippen molar-refractivity contribution in [3.63, 3.8) is 0 Å². The highest BCUT2D eigenvalue weighted by Crippen LogP contribution is 2.23. The van der Waals surface area contributed by atoms with E-state index in [1.54, 1.807) is 48.3 Å². The highest BCUT2D eigenvalue weighted by atomic mass is 16.5. The number of ether oxygens (including phenoxy) is 1. The number of benzene rings is 2. The zero-order valence-electron chi connectivity index (χ0n) is 18.9. The third-order valence-electron chi connectivity index (χ3n) is 5.64. The third-order valence-corrected chi connectivity index (χ3v) is 5.64. The number of nitrogens with zero attached hydrogens (tertiary/aromatic N) is 4. The Kier molecular flexibility index (Phi) is 6.98. The van der Waals surface area contributed by atoms with Crippen LogP contribution < -0.4 is 15.0 Å². The van der Waals surface area contributed by atoms with E-state index < -0.39 is 0 Å². The Balaban J connectivity index is 1.37. The van der Waals surface area contributed by atoms with Gasteiger partial charge in [-0.3, -0.25) is 9.69 Å². The van der Waals surface area contributed by atoms with Crippen LogP contribution >= 0.6 is 0 Å². The molecule has 1 aliphatic heterocycles. The first-order chi connectivity index (χ1) is 16.0. The van der Waals surface area contributed by atoms with Crippen LogP contribution in [0.4, 0.5) is 5.69 Å². The predicted octanol–water partition coefficient (Wildman–Crippen LogP) is 3.82. The van der Waals surface area contributed by atoms with Gasteiger partial charge in [-0.25, -0.2) is 4.98 Å². The summed E-state index contributed by atoms with van der Waals surface area (Å²) in [4.78, 5) is 21.2. The van der Waals surface area contributed by atoms with Crippen LogP contribution in [0.5, 0.6) is 11.5 Å². The molecule has 1 fully saturated rings. The molecule has 0 saturated carbocycles. The maximum absolute atomic E-state index is 12.9. The molecule has 1 saturated heterocycles. The molecule has 2 heterocycles. The molecule has 7 heteroatoms. The maximum atomic E-state index is 12.9. The van der Waals surface area contributed by atoms with E-state index in [9.17, 15) is 4.79 Å². The molecule has 0 bridgehead atoms. The molecule has 0 unspecified atom stereocenters. The van der Waals surface area contributed by atoms with Gasteiger partial charge in [-0.2, -0.15) is 5.26 Å². The average Bonchev–Trinajstić information content (AvgIpc) is 2.84. The van der Waals surface area contributed by atoms with E-state index in [0.717, 1.165) is 31.9 Å². The number of anilines is 1. The number of piperazine rings is 1. The van der Waals surface area contributed by atoms with Crippen molar-refractivity contribution in [2.45, 2.75) is 19.5 Å². The second-order valence-electron chi connectivity index (χ2n) is 8.24. The zero-order valence-corrected chi connectivity index (χ0v) is 18.9. The number of carbonyl (C=O) groups excluding carboxylic acids is 1. The van der Waals surface area contributed by atoms with E-state index in [0.29, 0.717) is 28.8 Å². The van der Waals surface area contributed by atoms with Gasteiger partial charge >= 0.3 is 0 Å². The Morgan fingerprint density at radius 2 is 2.03 bits per heavy atom. The minimum absolute atomic E-state index is 0.197. The molecule has 1 N–H and O–H groups in total. The largest absolute Gasteiger partial charge is 0.456 e. The first-order valence-electron chi connectivity index (χ1n) is 11.0. The fraction of sp³-hybridized carbons (Fsp3) is 0.269. The van der Waals surface area contributed by atoms with Gasteiger partial charge in [0.1, 0.15) is 17.2 Å². The van der Waals surface area contributed by atoms with Crippen molar-refractivity contribution in [1.29, 1.82) is 5.26 Å². The quantitative estimate of drug-likeness (QED) is 0.626. The van der Waals surface area contributed by atoms with Crippen LogP contribution in [-0.2, 0) is 6.54 Å². The second-order valence-corrected chi connectivity index (χ2v) is 8.24. The fourth-order valence-electron chi connectivity index (χ4n) is 3.86. The molecule has 4 rings (SSSR count). The Hall–Kier alpha value is -3.73. The lowest BCUT2D eigenvalue weighted by atomic mass is 10.1. The van der Waals surface area contributed by atoms with Crippen molar-refractivity contribution in [2.75, 3.05) is 31.6 Å². The van der Waals surface area contributed by atoms with Gasteiger partial charge in [0.2, 0.25) is 0 Å². The average molecular weight is 442 g/mol. The topological polar surface area (TPSA) is 81.5 Å². The highest BCUT2D eigenvalue weighted by Gasteiger charge is 2.17. The van der Waals surface area contributed by atoms with Crippen LogP contribution in [0.15, 0.2) is 66.9 Å². The molecule has 168 valence electrons.